The Morgan fingerprint density at radius 3 is 1.59 bits per heavy atom. The Kier molecular flexibility index (Phi) is 14.4. The molecule has 0 saturated carbocycles. The largest absolute Gasteiger partial charge is 0.462 e. The average Bonchev–Trinajstić information content (AvgIpc) is 2.84. The second-order valence-corrected chi connectivity index (χ2v) is 10.6. The number of rotatable bonds is 18. The summed E-state index contributed by atoms with van der Waals surface area (Å²) < 4.78 is 30.4. The topological polar surface area (TPSA) is 213 Å². The van der Waals surface area contributed by atoms with E-state index in [9.17, 15) is 23.7 Å². The Labute approximate surface area is 226 Å². The molecular formula is C24H35N6O8P+2. The van der Waals surface area contributed by atoms with Gasteiger partial charge in [0, 0.05) is 12.8 Å². The first-order valence-corrected chi connectivity index (χ1v) is 13.8. The van der Waals surface area contributed by atoms with Crippen LogP contribution in [0.3, 0.4) is 0 Å². The van der Waals surface area contributed by atoms with Gasteiger partial charge in [-0.2, -0.15) is 0 Å². The predicted octanol–water partition coefficient (Wildman–Crippen LogP) is 2.31. The van der Waals surface area contributed by atoms with Crippen molar-refractivity contribution in [2.75, 3.05) is 0 Å². The van der Waals surface area contributed by atoms with Gasteiger partial charge < -0.3 is 14.0 Å². The Hall–Kier alpha value is -3.79. The zero-order chi connectivity index (χ0) is 29.4. The molecule has 4 N–H and O–H groups in total. The number of carbonyl (C=O) groups is 4. The third-order valence-electron chi connectivity index (χ3n) is 4.68. The van der Waals surface area contributed by atoms with Crippen LogP contribution in [0.4, 0.5) is 0 Å². The maximum Gasteiger partial charge on any atom is 0.391 e. The quantitative estimate of drug-likeness (QED) is 0.0669. The van der Waals surface area contributed by atoms with Gasteiger partial charge in [0.05, 0.1) is 32.8 Å². The predicted molar refractivity (Wildman–Crippen MR) is 138 cm³/mol. The van der Waals surface area contributed by atoms with E-state index in [1.807, 2.05) is 0 Å². The average molecular weight is 567 g/mol. The zero-order valence-corrected chi connectivity index (χ0v) is 23.2. The second-order valence-electron chi connectivity index (χ2n) is 8.82. The van der Waals surface area contributed by atoms with Crippen LogP contribution < -0.4 is 14.7 Å². The molecule has 0 fully saturated rings. The molecule has 2 unspecified atom stereocenters. The molecule has 0 spiro atoms. The molecule has 1 aromatic carbocycles. The molecule has 0 heterocycles. The van der Waals surface area contributed by atoms with Gasteiger partial charge >= 0.3 is 32.0 Å². The lowest BCUT2D eigenvalue weighted by Gasteiger charge is -2.29. The summed E-state index contributed by atoms with van der Waals surface area (Å²) in [6.45, 7) is 6.45. The molecule has 1 rings (SSSR count). The molecule has 15 heteroatoms. The molecule has 0 amide bonds. The molecule has 0 radical (unpaired) electrons. The SMILES string of the molecule is CC(C)OC(=O)C(CCC(=O)C=[N+]=N)NP(=O)(NC(CCC(=O)C=[N+]=N)C(=O)OC(C)C)Oc1ccccc1. The minimum atomic E-state index is -4.36. The van der Waals surface area contributed by atoms with Crippen molar-refractivity contribution in [2.45, 2.75) is 77.7 Å². The van der Waals surface area contributed by atoms with Crippen LogP contribution in [0.2, 0.25) is 0 Å². The van der Waals surface area contributed by atoms with Gasteiger partial charge in [-0.25, -0.2) is 14.7 Å². The molecule has 0 aliphatic carbocycles. The monoisotopic (exact) mass is 566 g/mol. The summed E-state index contributed by atoms with van der Waals surface area (Å²) in [5.41, 5.74) is 13.6. The number of Topliss-reactive ketones (excluding diaryl/α,β-unsaturated/α-hetero) is 2. The lowest BCUT2D eigenvalue weighted by Crippen LogP contribution is -2.46. The number of nitrogens with zero attached hydrogens (tertiary/aromatic N) is 2. The molecule has 212 valence electrons. The molecule has 0 bridgehead atoms. The standard InChI is InChI=1S/C24H35N6O8P/c1-16(2)36-23(33)21(12-10-18(31)14-27-25)29-39(35,38-20-8-6-5-7-9-20)30-22(24(34)37-17(3)4)13-11-19(32)15-28-26/h5-9,14-17,21-22,25-26H,10-13H2,1-4H3,(H2,29,30,35)/q+2. The molecular weight excluding hydrogens is 531 g/mol. The van der Waals surface area contributed by atoms with Crippen molar-refractivity contribution >= 4 is 43.6 Å². The van der Waals surface area contributed by atoms with E-state index in [2.05, 4.69) is 19.8 Å². The number of hydrogen-bond donors (Lipinski definition) is 4. The molecule has 14 nitrogen and oxygen atoms in total. The van der Waals surface area contributed by atoms with Crippen molar-refractivity contribution in [3.05, 3.63) is 30.3 Å². The van der Waals surface area contributed by atoms with E-state index in [0.29, 0.717) is 0 Å². The van der Waals surface area contributed by atoms with Gasteiger partial charge in [0.25, 0.3) is 0 Å². The van der Waals surface area contributed by atoms with Gasteiger partial charge in [0.2, 0.25) is 11.6 Å². The summed E-state index contributed by atoms with van der Waals surface area (Å²) in [5.74, 6) is -2.63. The number of ketones is 2. The first-order valence-electron chi connectivity index (χ1n) is 12.2. The van der Waals surface area contributed by atoms with Gasteiger partial charge in [-0.15, -0.1) is 0 Å². The van der Waals surface area contributed by atoms with Crippen LogP contribution in [0, 0.1) is 11.1 Å². The number of ether oxygens (including phenoxy) is 2. The van der Waals surface area contributed by atoms with Gasteiger partial charge in [0.15, 0.2) is 0 Å². The lowest BCUT2D eigenvalue weighted by atomic mass is 10.1. The number of hydrogen-bond acceptors (Lipinski definition) is 10. The summed E-state index contributed by atoms with van der Waals surface area (Å²) in [4.78, 5) is 55.4. The third kappa shape index (κ3) is 13.5. The first kappa shape index (κ1) is 33.2. The Bertz CT molecular complexity index is 1080. The van der Waals surface area contributed by atoms with E-state index in [4.69, 9.17) is 25.1 Å². The van der Waals surface area contributed by atoms with Crippen molar-refractivity contribution in [2.24, 2.45) is 0 Å². The highest BCUT2D eigenvalue weighted by atomic mass is 31.2. The zero-order valence-electron chi connectivity index (χ0n) is 22.3. The number of benzene rings is 1. The molecule has 0 saturated heterocycles. The summed E-state index contributed by atoms with van der Waals surface area (Å²) in [6, 6.07) is 5.26. The van der Waals surface area contributed by atoms with Crippen LogP contribution >= 0.6 is 7.67 Å². The van der Waals surface area contributed by atoms with Gasteiger partial charge in [-0.3, -0.25) is 19.2 Å². The van der Waals surface area contributed by atoms with Crippen LogP contribution in [-0.4, -0.2) is 69.8 Å². The molecule has 1 aromatic rings. The highest BCUT2D eigenvalue weighted by Crippen LogP contribution is 2.41. The van der Waals surface area contributed by atoms with Crippen LogP contribution in [0.5, 0.6) is 5.75 Å². The van der Waals surface area contributed by atoms with Gasteiger partial charge in [-0.05, 0) is 52.7 Å². The summed E-state index contributed by atoms with van der Waals surface area (Å²) in [6.07, 6.45) is -0.381. The van der Waals surface area contributed by atoms with Crippen molar-refractivity contribution < 1.29 is 47.3 Å². The summed E-state index contributed by atoms with van der Waals surface area (Å²) >= 11 is 0. The normalized spacial score (nSPS) is 13.7. The van der Waals surface area contributed by atoms with E-state index >= 15 is 0 Å². The minimum absolute atomic E-state index is 0.127. The van der Waals surface area contributed by atoms with Crippen molar-refractivity contribution in [3.8, 4) is 5.75 Å². The molecule has 0 aliphatic rings. The Morgan fingerprint density at radius 2 is 1.23 bits per heavy atom. The maximum absolute atomic E-state index is 14.2. The smallest absolute Gasteiger partial charge is 0.391 e. The van der Waals surface area contributed by atoms with Crippen LogP contribution in [0.25, 0.3) is 0 Å². The lowest BCUT2D eigenvalue weighted by molar-refractivity contribution is -0.150. The fourth-order valence-electron chi connectivity index (χ4n) is 3.08. The van der Waals surface area contributed by atoms with Crippen molar-refractivity contribution in [3.63, 3.8) is 0 Å². The second kappa shape index (κ2) is 16.9. The fraction of sp³-hybridized carbons (Fsp3) is 0.500. The molecule has 39 heavy (non-hydrogen) atoms. The van der Waals surface area contributed by atoms with E-state index in [1.165, 1.54) is 12.1 Å². The Morgan fingerprint density at radius 1 is 0.821 bits per heavy atom. The van der Waals surface area contributed by atoms with E-state index in [0.717, 1.165) is 12.4 Å². The highest BCUT2D eigenvalue weighted by molar-refractivity contribution is 7.55. The van der Waals surface area contributed by atoms with Gasteiger partial charge in [0.1, 0.15) is 17.8 Å². The van der Waals surface area contributed by atoms with E-state index in [1.54, 1.807) is 45.9 Å². The first-order chi connectivity index (χ1) is 18.4. The molecule has 0 aromatic heterocycles. The van der Waals surface area contributed by atoms with E-state index < -0.39 is 55.5 Å². The van der Waals surface area contributed by atoms with E-state index in [-0.39, 0.29) is 31.4 Å². The van der Waals surface area contributed by atoms with Gasteiger partial charge in [-0.1, -0.05) is 18.2 Å². The van der Waals surface area contributed by atoms with Crippen LogP contribution in [-0.2, 0) is 33.2 Å². The number of carbonyl (C=O) groups excluding carboxylic acids is 4. The number of esters is 2. The number of para-hydroxylation sites is 1. The summed E-state index contributed by atoms with van der Waals surface area (Å²) in [7, 11) is -4.36. The maximum atomic E-state index is 14.2. The third-order valence-corrected chi connectivity index (χ3v) is 6.45. The minimum Gasteiger partial charge on any atom is -0.462 e. The van der Waals surface area contributed by atoms with Crippen molar-refractivity contribution in [1.82, 2.24) is 10.2 Å². The molecule has 0 aliphatic heterocycles. The Balaban J connectivity index is 3.41. The van der Waals surface area contributed by atoms with Crippen LogP contribution in [0.15, 0.2) is 30.3 Å². The highest BCUT2D eigenvalue weighted by Gasteiger charge is 2.38. The number of nitrogens with one attached hydrogen (secondary N) is 4. The summed E-state index contributed by atoms with van der Waals surface area (Å²) in [5, 5.41) is 5.18. The van der Waals surface area contributed by atoms with Crippen LogP contribution in [0.1, 0.15) is 53.4 Å². The fourth-order valence-corrected chi connectivity index (χ4v) is 4.96. The van der Waals surface area contributed by atoms with Crippen molar-refractivity contribution in [1.29, 1.82) is 11.1 Å². The molecule has 2 atom stereocenters.